The maximum absolute atomic E-state index is 12.1. The van der Waals surface area contributed by atoms with E-state index in [0.717, 1.165) is 0 Å². The molecule has 0 aliphatic carbocycles. The number of likely N-dealkylation sites (N-methyl/N-ethyl adjacent to an activating group) is 1. The third-order valence-corrected chi connectivity index (χ3v) is 2.75. The first-order chi connectivity index (χ1) is 7.92. The Morgan fingerprint density at radius 2 is 2.29 bits per heavy atom. The van der Waals surface area contributed by atoms with Crippen LogP contribution in [0.1, 0.15) is 24.3 Å². The molecule has 1 aromatic rings. The van der Waals surface area contributed by atoms with E-state index in [0.29, 0.717) is 5.69 Å². The number of hydrazine groups is 1. The van der Waals surface area contributed by atoms with E-state index in [1.165, 1.54) is 11.1 Å². The van der Waals surface area contributed by atoms with Gasteiger partial charge in [-0.25, -0.2) is 0 Å². The van der Waals surface area contributed by atoms with Crippen molar-refractivity contribution >= 4 is 11.6 Å². The van der Waals surface area contributed by atoms with E-state index in [1.54, 1.807) is 33.0 Å². The van der Waals surface area contributed by atoms with Gasteiger partial charge in [0.2, 0.25) is 0 Å². The lowest BCUT2D eigenvalue weighted by molar-refractivity contribution is 0.0468. The minimum Gasteiger partial charge on any atom is -0.394 e. The number of carbonyl (C=O) groups is 1. The number of nitrogens with zero attached hydrogens (tertiary/aromatic N) is 2. The Morgan fingerprint density at radius 1 is 1.65 bits per heavy atom. The fourth-order valence-corrected chi connectivity index (χ4v) is 1.19. The maximum atomic E-state index is 12.1. The molecule has 1 amide bonds. The van der Waals surface area contributed by atoms with Crippen LogP contribution >= 0.6 is 0 Å². The number of aromatic nitrogens is 1. The summed E-state index contributed by atoms with van der Waals surface area (Å²) in [4.78, 5) is 17.5. The molecular formula is C11H18N4O2. The molecule has 0 aliphatic rings. The maximum Gasteiger partial charge on any atom is 0.272 e. The molecule has 1 heterocycles. The van der Waals surface area contributed by atoms with E-state index < -0.39 is 5.54 Å². The number of rotatable bonds is 4. The summed E-state index contributed by atoms with van der Waals surface area (Å²) in [7, 11) is 1.63. The number of amides is 1. The molecule has 4 N–H and O–H groups in total. The summed E-state index contributed by atoms with van der Waals surface area (Å²) in [6, 6.07) is 3.22. The van der Waals surface area contributed by atoms with Gasteiger partial charge in [0.1, 0.15) is 5.69 Å². The Bertz CT molecular complexity index is 406. The van der Waals surface area contributed by atoms with E-state index in [1.807, 2.05) is 0 Å². The molecule has 0 aromatic carbocycles. The van der Waals surface area contributed by atoms with Gasteiger partial charge in [-0.1, -0.05) is 0 Å². The van der Waals surface area contributed by atoms with E-state index in [2.05, 4.69) is 10.4 Å². The number of nitrogens with two attached hydrogens (primary N) is 1. The van der Waals surface area contributed by atoms with Crippen LogP contribution in [0.25, 0.3) is 0 Å². The highest BCUT2D eigenvalue weighted by molar-refractivity contribution is 5.93. The first-order valence-electron chi connectivity index (χ1n) is 5.24. The number of nitrogen functional groups attached to an aromatic ring is 1. The van der Waals surface area contributed by atoms with Gasteiger partial charge in [0, 0.05) is 13.2 Å². The molecular weight excluding hydrogens is 220 g/mol. The molecule has 94 valence electrons. The van der Waals surface area contributed by atoms with Crippen LogP contribution in [0, 0.1) is 0 Å². The van der Waals surface area contributed by atoms with Gasteiger partial charge >= 0.3 is 0 Å². The molecule has 0 fully saturated rings. The average molecular weight is 238 g/mol. The van der Waals surface area contributed by atoms with Crippen molar-refractivity contribution in [1.82, 2.24) is 9.88 Å². The number of aliphatic hydroxyl groups is 1. The third kappa shape index (κ3) is 2.92. The zero-order valence-electron chi connectivity index (χ0n) is 10.3. The molecule has 1 aromatic heterocycles. The van der Waals surface area contributed by atoms with Crippen LogP contribution in [-0.2, 0) is 0 Å². The van der Waals surface area contributed by atoms with Gasteiger partial charge < -0.3 is 15.4 Å². The van der Waals surface area contributed by atoms with Crippen LogP contribution in [0.4, 0.5) is 5.69 Å². The van der Waals surface area contributed by atoms with Crippen molar-refractivity contribution in [2.75, 3.05) is 19.1 Å². The molecule has 0 unspecified atom stereocenters. The van der Waals surface area contributed by atoms with Gasteiger partial charge in [0.15, 0.2) is 0 Å². The number of hydrogen-bond acceptors (Lipinski definition) is 5. The van der Waals surface area contributed by atoms with Crippen LogP contribution in [0.3, 0.4) is 0 Å². The summed E-state index contributed by atoms with van der Waals surface area (Å²) in [5, 5.41) is 9.21. The smallest absolute Gasteiger partial charge is 0.272 e. The van der Waals surface area contributed by atoms with Gasteiger partial charge in [-0.2, -0.15) is 0 Å². The lowest BCUT2D eigenvalue weighted by Gasteiger charge is -2.33. The largest absolute Gasteiger partial charge is 0.394 e. The summed E-state index contributed by atoms with van der Waals surface area (Å²) < 4.78 is 0. The Morgan fingerprint density at radius 3 is 2.82 bits per heavy atom. The first kappa shape index (κ1) is 13.4. The molecule has 0 spiro atoms. The van der Waals surface area contributed by atoms with E-state index in [9.17, 15) is 9.90 Å². The predicted octanol–water partition coefficient (Wildman–Crippen LogP) is 0.210. The quantitative estimate of drug-likeness (QED) is 0.515. The first-order valence-corrected chi connectivity index (χ1v) is 5.24. The van der Waals surface area contributed by atoms with Gasteiger partial charge in [0.25, 0.3) is 5.91 Å². The molecule has 1 rings (SSSR count). The van der Waals surface area contributed by atoms with Crippen molar-refractivity contribution in [3.8, 4) is 0 Å². The van der Waals surface area contributed by atoms with Crippen LogP contribution in [0.5, 0.6) is 0 Å². The highest BCUT2D eigenvalue weighted by atomic mass is 16.3. The van der Waals surface area contributed by atoms with E-state index in [4.69, 9.17) is 5.84 Å². The van der Waals surface area contributed by atoms with Crippen molar-refractivity contribution in [3.05, 3.63) is 24.0 Å². The number of aliphatic hydroxyl groups excluding tert-OH is 1. The lowest BCUT2D eigenvalue weighted by Crippen LogP contribution is -2.47. The summed E-state index contributed by atoms with van der Waals surface area (Å²) in [5.74, 6) is 5.00. The van der Waals surface area contributed by atoms with E-state index in [-0.39, 0.29) is 18.2 Å². The lowest BCUT2D eigenvalue weighted by atomic mass is 10.0. The standard InChI is InChI=1S/C11H18N4O2/c1-11(2,7-16)15(3)10(17)9-6-8(14-12)4-5-13-9/h4-6,16H,7,12H2,1-3H3,(H,13,14). The third-order valence-electron chi connectivity index (χ3n) is 2.75. The van der Waals surface area contributed by atoms with Crippen molar-refractivity contribution in [1.29, 1.82) is 0 Å². The minimum absolute atomic E-state index is 0.121. The normalized spacial score (nSPS) is 11.1. The SMILES string of the molecule is CN(C(=O)c1cc(NN)ccn1)C(C)(C)CO. The fourth-order valence-electron chi connectivity index (χ4n) is 1.19. The highest BCUT2D eigenvalue weighted by Crippen LogP contribution is 2.15. The number of nitrogens with one attached hydrogen (secondary N) is 1. The summed E-state index contributed by atoms with van der Waals surface area (Å²) >= 11 is 0. The Balaban J connectivity index is 2.96. The second kappa shape index (κ2) is 5.11. The fraction of sp³-hybridized carbons (Fsp3) is 0.455. The molecule has 6 heteroatoms. The predicted molar refractivity (Wildman–Crippen MR) is 65.3 cm³/mol. The van der Waals surface area contributed by atoms with Crippen molar-refractivity contribution < 1.29 is 9.90 Å². The number of anilines is 1. The van der Waals surface area contributed by atoms with Crippen LogP contribution in [0.15, 0.2) is 18.3 Å². The summed E-state index contributed by atoms with van der Waals surface area (Å²) in [6.45, 7) is 3.43. The molecule has 0 radical (unpaired) electrons. The number of pyridine rings is 1. The summed E-state index contributed by atoms with van der Waals surface area (Å²) in [5.41, 5.74) is 2.71. The van der Waals surface area contributed by atoms with Gasteiger partial charge in [-0.05, 0) is 26.0 Å². The van der Waals surface area contributed by atoms with Crippen molar-refractivity contribution in [3.63, 3.8) is 0 Å². The van der Waals surface area contributed by atoms with Gasteiger partial charge in [0.05, 0.1) is 17.8 Å². The topological polar surface area (TPSA) is 91.5 Å². The van der Waals surface area contributed by atoms with Crippen LogP contribution in [-0.4, -0.2) is 40.1 Å². The molecule has 0 saturated heterocycles. The molecule has 0 aliphatic heterocycles. The van der Waals surface area contributed by atoms with Crippen LogP contribution < -0.4 is 11.3 Å². The van der Waals surface area contributed by atoms with Gasteiger partial charge in [-0.15, -0.1) is 0 Å². The highest BCUT2D eigenvalue weighted by Gasteiger charge is 2.28. The molecule has 0 bridgehead atoms. The van der Waals surface area contributed by atoms with Gasteiger partial charge in [-0.3, -0.25) is 15.6 Å². The zero-order chi connectivity index (χ0) is 13.1. The van der Waals surface area contributed by atoms with Crippen molar-refractivity contribution in [2.45, 2.75) is 19.4 Å². The number of carbonyl (C=O) groups excluding carboxylic acids is 1. The minimum atomic E-state index is -0.634. The average Bonchev–Trinajstić information content (AvgIpc) is 2.37. The van der Waals surface area contributed by atoms with Crippen LogP contribution in [0.2, 0.25) is 0 Å². The molecule has 0 atom stereocenters. The monoisotopic (exact) mass is 238 g/mol. The molecule has 17 heavy (non-hydrogen) atoms. The van der Waals surface area contributed by atoms with Crippen molar-refractivity contribution in [2.24, 2.45) is 5.84 Å². The van der Waals surface area contributed by atoms with E-state index >= 15 is 0 Å². The number of hydrogen-bond donors (Lipinski definition) is 3. The molecule has 0 saturated carbocycles. The summed E-state index contributed by atoms with van der Waals surface area (Å²) in [6.07, 6.45) is 1.50. The zero-order valence-corrected chi connectivity index (χ0v) is 10.3. The Hall–Kier alpha value is -1.66. The second-order valence-electron chi connectivity index (χ2n) is 4.41. The Labute approximate surface area is 100 Å². The molecule has 6 nitrogen and oxygen atoms in total. The Kier molecular flexibility index (Phi) is 4.03. The second-order valence-corrected chi connectivity index (χ2v) is 4.41.